The summed E-state index contributed by atoms with van der Waals surface area (Å²) in [5, 5.41) is 11.9. The molecule has 1 aromatic carbocycles. The second kappa shape index (κ2) is 6.54. The number of rotatable bonds is 6. The number of carbonyl (C=O) groups is 3. The molecule has 96 valence electrons. The van der Waals surface area contributed by atoms with Gasteiger partial charge in [0.15, 0.2) is 5.78 Å². The summed E-state index contributed by atoms with van der Waals surface area (Å²) in [7, 11) is 1.49. The van der Waals surface area contributed by atoms with Crippen molar-refractivity contribution in [2.45, 2.75) is 19.3 Å². The molecule has 0 aliphatic rings. The third kappa shape index (κ3) is 4.01. The Morgan fingerprint density at radius 2 is 1.83 bits per heavy atom. The lowest BCUT2D eigenvalue weighted by Crippen LogP contribution is -2.19. The van der Waals surface area contributed by atoms with Gasteiger partial charge < -0.3 is 10.4 Å². The van der Waals surface area contributed by atoms with E-state index in [0.29, 0.717) is 0 Å². The van der Waals surface area contributed by atoms with Crippen LogP contribution in [0.1, 0.15) is 29.6 Å². The molecule has 2 N–H and O–H groups in total. The molecule has 0 fully saturated rings. The van der Waals surface area contributed by atoms with Gasteiger partial charge in [0.2, 0.25) is 5.91 Å². The molecule has 0 bridgehead atoms. The first kappa shape index (κ1) is 13.9. The van der Waals surface area contributed by atoms with Crippen LogP contribution in [0, 0.1) is 0 Å². The molecule has 1 aromatic rings. The van der Waals surface area contributed by atoms with Crippen LogP contribution in [0.5, 0.6) is 5.75 Å². The van der Waals surface area contributed by atoms with Gasteiger partial charge in [-0.1, -0.05) is 12.1 Å². The molecule has 0 unspecified atom stereocenters. The Balaban J connectivity index is 2.53. The maximum Gasteiger partial charge on any atom is 0.220 e. The van der Waals surface area contributed by atoms with E-state index < -0.39 is 5.78 Å². The van der Waals surface area contributed by atoms with Crippen LogP contribution >= 0.6 is 0 Å². The topological polar surface area (TPSA) is 83.5 Å². The summed E-state index contributed by atoms with van der Waals surface area (Å²) in [5.41, 5.74) is 0.130. The molecular weight excluding hydrogens is 234 g/mol. The minimum Gasteiger partial charge on any atom is -0.507 e. The largest absolute Gasteiger partial charge is 0.507 e. The summed E-state index contributed by atoms with van der Waals surface area (Å²) in [6.45, 7) is 0. The number of ketones is 2. The number of amides is 1. The second-order valence-electron chi connectivity index (χ2n) is 3.83. The summed E-state index contributed by atoms with van der Waals surface area (Å²) < 4.78 is 0. The van der Waals surface area contributed by atoms with Crippen LogP contribution in [-0.2, 0) is 9.59 Å². The van der Waals surface area contributed by atoms with Gasteiger partial charge in [-0.25, -0.2) is 0 Å². The van der Waals surface area contributed by atoms with Crippen molar-refractivity contribution in [1.29, 1.82) is 0 Å². The average molecular weight is 249 g/mol. The Morgan fingerprint density at radius 3 is 2.44 bits per heavy atom. The van der Waals surface area contributed by atoms with Crippen LogP contribution < -0.4 is 5.32 Å². The second-order valence-corrected chi connectivity index (χ2v) is 3.83. The van der Waals surface area contributed by atoms with Crippen molar-refractivity contribution in [3.63, 3.8) is 0 Å². The maximum absolute atomic E-state index is 11.7. The zero-order valence-electron chi connectivity index (χ0n) is 10.1. The average Bonchev–Trinajstić information content (AvgIpc) is 2.36. The number of hydrogen-bond donors (Lipinski definition) is 2. The number of aromatic hydroxyl groups is 1. The molecule has 1 amide bonds. The minimum atomic E-state index is -0.435. The monoisotopic (exact) mass is 249 g/mol. The van der Waals surface area contributed by atoms with Crippen LogP contribution in [0.4, 0.5) is 0 Å². The molecule has 0 saturated heterocycles. The highest BCUT2D eigenvalue weighted by Crippen LogP contribution is 2.17. The first-order valence-corrected chi connectivity index (χ1v) is 5.58. The zero-order chi connectivity index (χ0) is 13.5. The van der Waals surface area contributed by atoms with E-state index in [0.717, 1.165) is 0 Å². The summed E-state index contributed by atoms with van der Waals surface area (Å²) in [4.78, 5) is 34.1. The molecule has 0 spiro atoms. The van der Waals surface area contributed by atoms with E-state index in [4.69, 9.17) is 0 Å². The Morgan fingerprint density at radius 1 is 1.17 bits per heavy atom. The molecule has 5 heteroatoms. The number of nitrogens with one attached hydrogen (secondary N) is 1. The van der Waals surface area contributed by atoms with Crippen LogP contribution in [-0.4, -0.2) is 29.6 Å². The van der Waals surface area contributed by atoms with Crippen molar-refractivity contribution < 1.29 is 19.5 Å². The van der Waals surface area contributed by atoms with E-state index in [1.807, 2.05) is 0 Å². The molecular formula is C13H15NO4. The molecule has 0 atom stereocenters. The van der Waals surface area contributed by atoms with E-state index in [1.165, 1.54) is 19.2 Å². The Labute approximate surface area is 105 Å². The van der Waals surface area contributed by atoms with Crippen molar-refractivity contribution in [3.05, 3.63) is 29.8 Å². The maximum atomic E-state index is 11.7. The summed E-state index contributed by atoms with van der Waals surface area (Å²) in [6.07, 6.45) is -0.197. The number of hydrogen-bond acceptors (Lipinski definition) is 4. The van der Waals surface area contributed by atoms with Gasteiger partial charge in [-0.3, -0.25) is 14.4 Å². The molecule has 0 heterocycles. The smallest absolute Gasteiger partial charge is 0.220 e. The van der Waals surface area contributed by atoms with E-state index in [1.54, 1.807) is 12.1 Å². The highest BCUT2D eigenvalue weighted by Gasteiger charge is 2.15. The van der Waals surface area contributed by atoms with Gasteiger partial charge in [0, 0.05) is 19.9 Å². The first-order chi connectivity index (χ1) is 8.54. The van der Waals surface area contributed by atoms with E-state index >= 15 is 0 Å². The number of benzene rings is 1. The normalized spacial score (nSPS) is 9.83. The molecule has 18 heavy (non-hydrogen) atoms. The van der Waals surface area contributed by atoms with E-state index in [-0.39, 0.29) is 42.3 Å². The van der Waals surface area contributed by atoms with Crippen LogP contribution in [0.3, 0.4) is 0 Å². The van der Waals surface area contributed by atoms with Gasteiger partial charge in [0.25, 0.3) is 0 Å². The standard InChI is InChI=1S/C13H15NO4/c1-14-13(18)7-6-9(15)8-12(17)10-4-2-3-5-11(10)16/h2-5,16H,6-8H2,1H3,(H,14,18). The third-order valence-corrected chi connectivity index (χ3v) is 2.47. The molecule has 0 saturated carbocycles. The Kier molecular flexibility index (Phi) is 5.05. The summed E-state index contributed by atoms with van der Waals surface area (Å²) in [5.74, 6) is -1.12. The highest BCUT2D eigenvalue weighted by molar-refractivity contribution is 6.09. The fourth-order valence-corrected chi connectivity index (χ4v) is 1.45. The molecule has 0 aromatic heterocycles. The van der Waals surface area contributed by atoms with Gasteiger partial charge in [0.1, 0.15) is 11.5 Å². The van der Waals surface area contributed by atoms with Gasteiger partial charge in [-0.05, 0) is 12.1 Å². The number of phenols is 1. The minimum absolute atomic E-state index is 0.0268. The van der Waals surface area contributed by atoms with Crippen LogP contribution in [0.25, 0.3) is 0 Å². The molecule has 5 nitrogen and oxygen atoms in total. The summed E-state index contributed by atoms with van der Waals surface area (Å²) in [6, 6.07) is 6.06. The van der Waals surface area contributed by atoms with Crippen LogP contribution in [0.15, 0.2) is 24.3 Å². The fraction of sp³-hybridized carbons (Fsp3) is 0.308. The van der Waals surface area contributed by atoms with Crippen molar-refractivity contribution in [2.24, 2.45) is 0 Å². The van der Waals surface area contributed by atoms with Gasteiger partial charge >= 0.3 is 0 Å². The number of Topliss-reactive ketones (excluding diaryl/α,β-unsaturated/α-hetero) is 2. The molecule has 0 radical (unpaired) electrons. The molecule has 1 rings (SSSR count). The van der Waals surface area contributed by atoms with Crippen molar-refractivity contribution in [2.75, 3.05) is 7.05 Å². The fourth-order valence-electron chi connectivity index (χ4n) is 1.45. The number of carbonyl (C=O) groups excluding carboxylic acids is 3. The predicted octanol–water partition coefficient (Wildman–Crippen LogP) is 1.06. The van der Waals surface area contributed by atoms with Crippen molar-refractivity contribution in [3.8, 4) is 5.75 Å². The lowest BCUT2D eigenvalue weighted by molar-refractivity contribution is -0.124. The highest BCUT2D eigenvalue weighted by atomic mass is 16.3. The van der Waals surface area contributed by atoms with Gasteiger partial charge in [0.05, 0.1) is 12.0 Å². The molecule has 0 aliphatic carbocycles. The van der Waals surface area contributed by atoms with E-state index in [2.05, 4.69) is 5.32 Å². The lowest BCUT2D eigenvalue weighted by atomic mass is 10.0. The number of para-hydroxylation sites is 1. The lowest BCUT2D eigenvalue weighted by Gasteiger charge is -2.03. The quantitative estimate of drug-likeness (QED) is 0.583. The van der Waals surface area contributed by atoms with E-state index in [9.17, 15) is 19.5 Å². The Hall–Kier alpha value is -2.17. The van der Waals surface area contributed by atoms with Gasteiger partial charge in [-0.15, -0.1) is 0 Å². The third-order valence-electron chi connectivity index (χ3n) is 2.47. The number of phenolic OH excluding ortho intramolecular Hbond substituents is 1. The predicted molar refractivity (Wildman–Crippen MR) is 65.4 cm³/mol. The van der Waals surface area contributed by atoms with Crippen LogP contribution in [0.2, 0.25) is 0 Å². The van der Waals surface area contributed by atoms with Crippen molar-refractivity contribution in [1.82, 2.24) is 5.32 Å². The first-order valence-electron chi connectivity index (χ1n) is 5.58. The summed E-state index contributed by atoms with van der Waals surface area (Å²) >= 11 is 0. The molecule has 0 aliphatic heterocycles. The zero-order valence-corrected chi connectivity index (χ0v) is 10.1. The van der Waals surface area contributed by atoms with Gasteiger partial charge in [-0.2, -0.15) is 0 Å². The van der Waals surface area contributed by atoms with Crippen molar-refractivity contribution >= 4 is 17.5 Å². The Bertz CT molecular complexity index is 468. The SMILES string of the molecule is CNC(=O)CCC(=O)CC(=O)c1ccccc1O.